The van der Waals surface area contributed by atoms with Gasteiger partial charge < -0.3 is 5.32 Å². The summed E-state index contributed by atoms with van der Waals surface area (Å²) >= 11 is 6.09. The van der Waals surface area contributed by atoms with E-state index >= 15 is 0 Å². The van der Waals surface area contributed by atoms with E-state index in [1.54, 1.807) is 0 Å². The van der Waals surface area contributed by atoms with Gasteiger partial charge in [0.15, 0.2) is 0 Å². The Kier molecular flexibility index (Phi) is 6.52. The van der Waals surface area contributed by atoms with Crippen molar-refractivity contribution in [2.45, 2.75) is 24.7 Å². The molecule has 0 bridgehead atoms. The summed E-state index contributed by atoms with van der Waals surface area (Å²) in [6.45, 7) is 2.69. The SMILES string of the molecule is CSCCCCNC(=O)c1cc(S)ccc1C. The van der Waals surface area contributed by atoms with Gasteiger partial charge in [-0.2, -0.15) is 11.8 Å². The van der Waals surface area contributed by atoms with E-state index in [4.69, 9.17) is 0 Å². The Hall–Kier alpha value is -0.610. The van der Waals surface area contributed by atoms with Crippen molar-refractivity contribution in [2.24, 2.45) is 0 Å². The molecule has 0 radical (unpaired) electrons. The molecule has 4 heteroatoms. The zero-order valence-corrected chi connectivity index (χ0v) is 12.0. The van der Waals surface area contributed by atoms with Crippen LogP contribution < -0.4 is 5.32 Å². The maximum absolute atomic E-state index is 11.9. The Labute approximate surface area is 113 Å². The van der Waals surface area contributed by atoms with E-state index in [-0.39, 0.29) is 5.91 Å². The van der Waals surface area contributed by atoms with Gasteiger partial charge in [0, 0.05) is 17.0 Å². The van der Waals surface area contributed by atoms with Gasteiger partial charge in [0.1, 0.15) is 0 Å². The Morgan fingerprint density at radius 1 is 1.41 bits per heavy atom. The second-order valence-corrected chi connectivity index (χ2v) is 5.46. The van der Waals surface area contributed by atoms with Gasteiger partial charge in [-0.05, 0) is 49.5 Å². The summed E-state index contributed by atoms with van der Waals surface area (Å²) in [5.74, 6) is 1.16. The molecule has 0 saturated carbocycles. The molecule has 0 spiro atoms. The lowest BCUT2D eigenvalue weighted by atomic mass is 10.1. The molecule has 94 valence electrons. The summed E-state index contributed by atoms with van der Waals surface area (Å²) in [5, 5.41) is 2.94. The van der Waals surface area contributed by atoms with E-state index in [2.05, 4.69) is 24.2 Å². The predicted molar refractivity (Wildman–Crippen MR) is 78.4 cm³/mol. The number of carbonyl (C=O) groups excluding carboxylic acids is 1. The van der Waals surface area contributed by atoms with Gasteiger partial charge in [-0.15, -0.1) is 12.6 Å². The number of aryl methyl sites for hydroxylation is 1. The fourth-order valence-corrected chi connectivity index (χ4v) is 2.22. The van der Waals surface area contributed by atoms with Crippen LogP contribution in [0.3, 0.4) is 0 Å². The molecule has 2 nitrogen and oxygen atoms in total. The molecule has 0 atom stereocenters. The number of hydrogen-bond donors (Lipinski definition) is 2. The van der Waals surface area contributed by atoms with Crippen molar-refractivity contribution < 1.29 is 4.79 Å². The summed E-state index contributed by atoms with van der Waals surface area (Å²) < 4.78 is 0. The number of thiol groups is 1. The maximum Gasteiger partial charge on any atom is 0.251 e. The molecule has 1 aromatic rings. The number of unbranched alkanes of at least 4 members (excludes halogenated alkanes) is 1. The van der Waals surface area contributed by atoms with Crippen LogP contribution in [-0.4, -0.2) is 24.5 Å². The topological polar surface area (TPSA) is 29.1 Å². The van der Waals surface area contributed by atoms with Crippen molar-refractivity contribution in [3.63, 3.8) is 0 Å². The van der Waals surface area contributed by atoms with Crippen molar-refractivity contribution in [3.8, 4) is 0 Å². The van der Waals surface area contributed by atoms with Crippen LogP contribution in [0, 0.1) is 6.92 Å². The first-order chi connectivity index (χ1) is 8.15. The highest BCUT2D eigenvalue weighted by Gasteiger charge is 2.08. The summed E-state index contributed by atoms with van der Waals surface area (Å²) in [7, 11) is 0. The van der Waals surface area contributed by atoms with Gasteiger partial charge in [-0.1, -0.05) is 6.07 Å². The van der Waals surface area contributed by atoms with E-state index in [1.807, 2.05) is 36.9 Å². The maximum atomic E-state index is 11.9. The first-order valence-corrected chi connectivity index (χ1v) is 7.56. The lowest BCUT2D eigenvalue weighted by Gasteiger charge is -2.08. The fraction of sp³-hybridized carbons (Fsp3) is 0.462. The highest BCUT2D eigenvalue weighted by atomic mass is 32.2. The normalized spacial score (nSPS) is 10.3. The van der Waals surface area contributed by atoms with E-state index < -0.39 is 0 Å². The van der Waals surface area contributed by atoms with Gasteiger partial charge >= 0.3 is 0 Å². The molecule has 0 fully saturated rings. The van der Waals surface area contributed by atoms with Crippen LogP contribution >= 0.6 is 24.4 Å². The van der Waals surface area contributed by atoms with Crippen molar-refractivity contribution in [3.05, 3.63) is 29.3 Å². The minimum absolute atomic E-state index is 0.00236. The fourth-order valence-electron chi connectivity index (χ4n) is 1.52. The molecule has 1 rings (SSSR count). The van der Waals surface area contributed by atoms with Crippen LogP contribution in [0.25, 0.3) is 0 Å². The second-order valence-electron chi connectivity index (χ2n) is 3.96. The van der Waals surface area contributed by atoms with Gasteiger partial charge in [0.2, 0.25) is 0 Å². The van der Waals surface area contributed by atoms with E-state index in [1.165, 1.54) is 0 Å². The zero-order chi connectivity index (χ0) is 12.7. The number of thioether (sulfide) groups is 1. The Balaban J connectivity index is 2.44. The Bertz CT molecular complexity index is 380. The molecular weight excluding hydrogens is 250 g/mol. The molecule has 1 N–H and O–H groups in total. The molecule has 17 heavy (non-hydrogen) atoms. The van der Waals surface area contributed by atoms with Crippen LogP contribution in [-0.2, 0) is 0 Å². The summed E-state index contributed by atoms with van der Waals surface area (Å²) in [4.78, 5) is 12.7. The van der Waals surface area contributed by atoms with Crippen molar-refractivity contribution in [1.82, 2.24) is 5.32 Å². The van der Waals surface area contributed by atoms with Crippen LogP contribution in [0.2, 0.25) is 0 Å². The Morgan fingerprint density at radius 3 is 2.88 bits per heavy atom. The minimum Gasteiger partial charge on any atom is -0.352 e. The van der Waals surface area contributed by atoms with Crippen LogP contribution in [0.15, 0.2) is 23.1 Å². The van der Waals surface area contributed by atoms with Gasteiger partial charge in [-0.3, -0.25) is 4.79 Å². The van der Waals surface area contributed by atoms with Gasteiger partial charge in [0.05, 0.1) is 0 Å². The third-order valence-corrected chi connectivity index (χ3v) is 3.50. The monoisotopic (exact) mass is 269 g/mol. The predicted octanol–water partition coefficient (Wildman–Crippen LogP) is 3.16. The highest BCUT2D eigenvalue weighted by Crippen LogP contribution is 2.13. The Morgan fingerprint density at radius 2 is 2.18 bits per heavy atom. The molecule has 0 heterocycles. The standard InChI is InChI=1S/C13H19NOS2/c1-10-5-6-11(16)9-12(10)13(15)14-7-3-4-8-17-2/h5-6,9,16H,3-4,7-8H2,1-2H3,(H,14,15). The molecule has 0 aliphatic heterocycles. The zero-order valence-electron chi connectivity index (χ0n) is 10.3. The second kappa shape index (κ2) is 7.67. The molecule has 1 aromatic carbocycles. The van der Waals surface area contributed by atoms with Crippen LogP contribution in [0.4, 0.5) is 0 Å². The van der Waals surface area contributed by atoms with Crippen molar-refractivity contribution in [1.29, 1.82) is 0 Å². The molecular formula is C13H19NOS2. The van der Waals surface area contributed by atoms with Gasteiger partial charge in [0.25, 0.3) is 5.91 Å². The lowest BCUT2D eigenvalue weighted by molar-refractivity contribution is 0.0952. The van der Waals surface area contributed by atoms with E-state index in [0.717, 1.165) is 41.2 Å². The number of benzene rings is 1. The first-order valence-electron chi connectivity index (χ1n) is 5.72. The number of carbonyl (C=O) groups is 1. The molecule has 0 unspecified atom stereocenters. The number of amides is 1. The number of nitrogens with one attached hydrogen (secondary N) is 1. The lowest BCUT2D eigenvalue weighted by Crippen LogP contribution is -2.25. The quantitative estimate of drug-likeness (QED) is 0.613. The summed E-state index contributed by atoms with van der Waals surface area (Å²) in [5.41, 5.74) is 1.71. The highest BCUT2D eigenvalue weighted by molar-refractivity contribution is 7.98. The minimum atomic E-state index is 0.00236. The van der Waals surface area contributed by atoms with E-state index in [0.29, 0.717) is 0 Å². The summed E-state index contributed by atoms with van der Waals surface area (Å²) in [6.07, 6.45) is 4.28. The molecule has 0 aliphatic rings. The largest absolute Gasteiger partial charge is 0.352 e. The number of rotatable bonds is 6. The third kappa shape index (κ3) is 5.04. The van der Waals surface area contributed by atoms with Crippen molar-refractivity contribution in [2.75, 3.05) is 18.6 Å². The average molecular weight is 269 g/mol. The van der Waals surface area contributed by atoms with E-state index in [9.17, 15) is 4.79 Å². The average Bonchev–Trinajstić information content (AvgIpc) is 2.32. The van der Waals surface area contributed by atoms with Gasteiger partial charge in [-0.25, -0.2) is 0 Å². The molecule has 0 aliphatic carbocycles. The first kappa shape index (κ1) is 14.5. The van der Waals surface area contributed by atoms with Crippen molar-refractivity contribution >= 4 is 30.3 Å². The molecule has 0 aromatic heterocycles. The van der Waals surface area contributed by atoms with Crippen LogP contribution in [0.1, 0.15) is 28.8 Å². The number of hydrogen-bond acceptors (Lipinski definition) is 3. The molecule has 1 amide bonds. The van der Waals surface area contributed by atoms with Crippen LogP contribution in [0.5, 0.6) is 0 Å². The smallest absolute Gasteiger partial charge is 0.251 e. The molecule has 0 saturated heterocycles. The third-order valence-electron chi connectivity index (χ3n) is 2.53. The summed E-state index contributed by atoms with van der Waals surface area (Å²) in [6, 6.07) is 5.63.